The van der Waals surface area contributed by atoms with Gasteiger partial charge in [0, 0.05) is 0 Å². The molecule has 0 radical (unpaired) electrons. The van der Waals surface area contributed by atoms with E-state index in [4.69, 9.17) is 0 Å². The highest BCUT2D eigenvalue weighted by Gasteiger charge is 2.52. The molecule has 0 amide bonds. The minimum absolute atomic E-state index is 0.756. The van der Waals surface area contributed by atoms with E-state index < -0.39 is 0 Å². The highest BCUT2D eigenvalue weighted by molar-refractivity contribution is 5.03. The van der Waals surface area contributed by atoms with Crippen LogP contribution in [0.25, 0.3) is 0 Å². The Kier molecular flexibility index (Phi) is 2.25. The lowest BCUT2D eigenvalue weighted by atomic mass is 9.65. The molecule has 17 heavy (non-hydrogen) atoms. The van der Waals surface area contributed by atoms with Crippen LogP contribution in [0.3, 0.4) is 0 Å². The molecule has 7 atom stereocenters. The van der Waals surface area contributed by atoms with E-state index in [-0.39, 0.29) is 0 Å². The van der Waals surface area contributed by atoms with Crippen LogP contribution in [-0.4, -0.2) is 0 Å². The third-order valence-corrected chi connectivity index (χ3v) is 7.52. The Morgan fingerprint density at radius 3 is 2.41 bits per heavy atom. The Morgan fingerprint density at radius 2 is 1.82 bits per heavy atom. The van der Waals surface area contributed by atoms with Gasteiger partial charge in [-0.1, -0.05) is 20.3 Å². The van der Waals surface area contributed by atoms with Crippen molar-refractivity contribution in [3.8, 4) is 0 Å². The fourth-order valence-electron chi connectivity index (χ4n) is 6.56. The van der Waals surface area contributed by atoms with E-state index in [2.05, 4.69) is 13.8 Å². The van der Waals surface area contributed by atoms with Crippen LogP contribution in [0.15, 0.2) is 0 Å². The van der Waals surface area contributed by atoms with Gasteiger partial charge in [-0.05, 0) is 85.9 Å². The highest BCUT2D eigenvalue weighted by atomic mass is 14.6. The number of hydrogen-bond donors (Lipinski definition) is 0. The van der Waals surface area contributed by atoms with Crippen LogP contribution in [0.4, 0.5) is 0 Å². The summed E-state index contributed by atoms with van der Waals surface area (Å²) >= 11 is 0. The second-order valence-corrected chi connectivity index (χ2v) is 8.29. The summed E-state index contributed by atoms with van der Waals surface area (Å²) in [5.41, 5.74) is 0.756. The molecule has 0 aromatic heterocycles. The maximum atomic E-state index is 2.65. The maximum Gasteiger partial charge on any atom is -0.0292 e. The van der Waals surface area contributed by atoms with E-state index in [1.807, 2.05) is 0 Å². The zero-order valence-corrected chi connectivity index (χ0v) is 11.6. The Morgan fingerprint density at radius 1 is 1.00 bits per heavy atom. The van der Waals surface area contributed by atoms with Gasteiger partial charge in [-0.3, -0.25) is 0 Å². The Balaban J connectivity index is 1.51. The molecule has 4 aliphatic rings. The van der Waals surface area contributed by atoms with Gasteiger partial charge >= 0.3 is 0 Å². The van der Waals surface area contributed by atoms with Gasteiger partial charge in [0.25, 0.3) is 0 Å². The van der Waals surface area contributed by atoms with Gasteiger partial charge in [-0.2, -0.15) is 0 Å². The molecule has 0 aromatic carbocycles. The third-order valence-electron chi connectivity index (χ3n) is 7.52. The van der Waals surface area contributed by atoms with Gasteiger partial charge in [-0.15, -0.1) is 0 Å². The summed E-state index contributed by atoms with van der Waals surface area (Å²) in [5, 5.41) is 0. The van der Waals surface area contributed by atoms with Crippen molar-refractivity contribution in [2.24, 2.45) is 40.9 Å². The van der Waals surface area contributed by atoms with Crippen molar-refractivity contribution in [1.82, 2.24) is 0 Å². The lowest BCUT2D eigenvalue weighted by Gasteiger charge is -2.40. The van der Waals surface area contributed by atoms with Gasteiger partial charge in [0.05, 0.1) is 0 Å². The Labute approximate surface area is 107 Å². The van der Waals surface area contributed by atoms with E-state index in [0.29, 0.717) is 0 Å². The van der Waals surface area contributed by atoms with Gasteiger partial charge in [0.2, 0.25) is 0 Å². The van der Waals surface area contributed by atoms with Crippen LogP contribution in [0, 0.1) is 40.9 Å². The normalized spacial score (nSPS) is 60.4. The molecule has 0 heteroatoms. The summed E-state index contributed by atoms with van der Waals surface area (Å²) in [6, 6.07) is 0. The predicted molar refractivity (Wildman–Crippen MR) is 71.7 cm³/mol. The lowest BCUT2D eigenvalue weighted by molar-refractivity contribution is 0.0948. The second-order valence-electron chi connectivity index (χ2n) is 8.29. The SMILES string of the molecule is CC1C2CCC(C2)C1CC1(C)CC2CCC1C2. The first-order chi connectivity index (χ1) is 8.16. The summed E-state index contributed by atoms with van der Waals surface area (Å²) in [6.45, 7) is 5.22. The van der Waals surface area contributed by atoms with Gasteiger partial charge in [0.15, 0.2) is 0 Å². The molecular formula is C17H28. The van der Waals surface area contributed by atoms with Crippen LogP contribution in [0.5, 0.6) is 0 Å². The molecule has 0 N–H and O–H groups in total. The van der Waals surface area contributed by atoms with Crippen molar-refractivity contribution in [2.75, 3.05) is 0 Å². The average Bonchev–Trinajstić information content (AvgIpc) is 3.00. The highest BCUT2D eigenvalue weighted by Crippen LogP contribution is 2.62. The molecule has 4 aliphatic carbocycles. The van der Waals surface area contributed by atoms with Gasteiger partial charge < -0.3 is 0 Å². The molecule has 4 rings (SSSR count). The van der Waals surface area contributed by atoms with E-state index in [1.165, 1.54) is 0 Å². The first kappa shape index (κ1) is 10.9. The summed E-state index contributed by atoms with van der Waals surface area (Å²) in [6.07, 6.45) is 12.6. The summed E-state index contributed by atoms with van der Waals surface area (Å²) in [5.74, 6) is 6.65. The van der Waals surface area contributed by atoms with Gasteiger partial charge in [0.1, 0.15) is 0 Å². The van der Waals surface area contributed by atoms with Crippen molar-refractivity contribution in [1.29, 1.82) is 0 Å². The molecule has 4 saturated carbocycles. The Bertz CT molecular complexity index is 318. The fraction of sp³-hybridized carbons (Fsp3) is 1.00. The average molecular weight is 232 g/mol. The molecule has 4 bridgehead atoms. The molecule has 0 aromatic rings. The third kappa shape index (κ3) is 1.48. The summed E-state index contributed by atoms with van der Waals surface area (Å²) in [4.78, 5) is 0. The quantitative estimate of drug-likeness (QED) is 0.636. The zero-order chi connectivity index (χ0) is 11.6. The van der Waals surface area contributed by atoms with Crippen LogP contribution in [0.1, 0.15) is 65.2 Å². The van der Waals surface area contributed by atoms with Gasteiger partial charge in [-0.25, -0.2) is 0 Å². The smallest absolute Gasteiger partial charge is 0.0292 e. The standard InChI is InChI=1S/C17H28/c1-11-13-4-5-14(8-13)16(11)10-17(2)9-12-3-6-15(17)7-12/h11-16H,3-10H2,1-2H3. The van der Waals surface area contributed by atoms with E-state index in [1.54, 1.807) is 51.4 Å². The van der Waals surface area contributed by atoms with Crippen LogP contribution < -0.4 is 0 Å². The largest absolute Gasteiger partial charge is 0.0620 e. The molecule has 0 spiro atoms. The van der Waals surface area contributed by atoms with Crippen LogP contribution in [-0.2, 0) is 0 Å². The molecule has 0 heterocycles. The van der Waals surface area contributed by atoms with E-state index in [0.717, 1.165) is 40.9 Å². The predicted octanol–water partition coefficient (Wildman–Crippen LogP) is 4.89. The molecule has 7 unspecified atom stereocenters. The van der Waals surface area contributed by atoms with Crippen LogP contribution >= 0.6 is 0 Å². The Hall–Kier alpha value is 0. The van der Waals surface area contributed by atoms with E-state index >= 15 is 0 Å². The topological polar surface area (TPSA) is 0 Å². The molecule has 96 valence electrons. The summed E-state index contributed by atoms with van der Waals surface area (Å²) in [7, 11) is 0. The summed E-state index contributed by atoms with van der Waals surface area (Å²) < 4.78 is 0. The minimum Gasteiger partial charge on any atom is -0.0620 e. The monoisotopic (exact) mass is 232 g/mol. The van der Waals surface area contributed by atoms with Crippen molar-refractivity contribution in [3.05, 3.63) is 0 Å². The number of rotatable bonds is 2. The minimum atomic E-state index is 0.756. The maximum absolute atomic E-state index is 2.65. The zero-order valence-electron chi connectivity index (χ0n) is 11.6. The van der Waals surface area contributed by atoms with Crippen LogP contribution in [0.2, 0.25) is 0 Å². The number of fused-ring (bicyclic) bond motifs is 4. The lowest BCUT2D eigenvalue weighted by Crippen LogP contribution is -2.31. The van der Waals surface area contributed by atoms with Crippen molar-refractivity contribution >= 4 is 0 Å². The van der Waals surface area contributed by atoms with Crippen molar-refractivity contribution < 1.29 is 0 Å². The van der Waals surface area contributed by atoms with E-state index in [9.17, 15) is 0 Å². The first-order valence-corrected chi connectivity index (χ1v) is 8.16. The molecule has 0 aliphatic heterocycles. The van der Waals surface area contributed by atoms with Crippen molar-refractivity contribution in [2.45, 2.75) is 65.2 Å². The fourth-order valence-corrected chi connectivity index (χ4v) is 6.56. The first-order valence-electron chi connectivity index (χ1n) is 8.16. The number of hydrogen-bond acceptors (Lipinski definition) is 0. The molecule has 0 nitrogen and oxygen atoms in total. The molecule has 4 fully saturated rings. The molecular weight excluding hydrogens is 204 g/mol. The molecule has 0 saturated heterocycles. The second kappa shape index (κ2) is 3.52. The van der Waals surface area contributed by atoms with Crippen molar-refractivity contribution in [3.63, 3.8) is 0 Å².